The molecule has 1 aromatic heterocycles. The van der Waals surface area contributed by atoms with Gasteiger partial charge in [-0.2, -0.15) is 5.10 Å². The van der Waals surface area contributed by atoms with Crippen LogP contribution in [-0.2, 0) is 4.74 Å². The second-order valence-corrected chi connectivity index (χ2v) is 9.06. The highest BCUT2D eigenvalue weighted by molar-refractivity contribution is 5.68. The van der Waals surface area contributed by atoms with Crippen LogP contribution >= 0.6 is 0 Å². The molecular formula is C19H30FN5O4. The fourth-order valence-electron chi connectivity index (χ4n) is 3.94. The summed E-state index contributed by atoms with van der Waals surface area (Å²) < 4.78 is 22.4. The van der Waals surface area contributed by atoms with Crippen molar-refractivity contribution in [1.29, 1.82) is 0 Å². The van der Waals surface area contributed by atoms with E-state index in [-0.39, 0.29) is 17.8 Å². The summed E-state index contributed by atoms with van der Waals surface area (Å²) in [6.45, 7) is 7.97. The van der Waals surface area contributed by atoms with Crippen molar-refractivity contribution in [2.45, 2.75) is 63.8 Å². The maximum atomic E-state index is 15.3. The van der Waals surface area contributed by atoms with Crippen molar-refractivity contribution in [3.8, 4) is 0 Å². The van der Waals surface area contributed by atoms with E-state index in [2.05, 4.69) is 10.00 Å². The van der Waals surface area contributed by atoms with Crippen molar-refractivity contribution >= 4 is 11.8 Å². The summed E-state index contributed by atoms with van der Waals surface area (Å²) in [5.74, 6) is 0. The summed E-state index contributed by atoms with van der Waals surface area (Å²) >= 11 is 0. The van der Waals surface area contributed by atoms with Gasteiger partial charge in [0, 0.05) is 45.6 Å². The molecule has 0 N–H and O–H groups in total. The number of ether oxygens (including phenoxy) is 1. The highest BCUT2D eigenvalue weighted by atomic mass is 19.1. The fraction of sp³-hybridized carbons (Fsp3) is 0.789. The van der Waals surface area contributed by atoms with Crippen molar-refractivity contribution in [1.82, 2.24) is 19.6 Å². The molecule has 29 heavy (non-hydrogen) atoms. The van der Waals surface area contributed by atoms with Crippen LogP contribution in [0.2, 0.25) is 0 Å². The standard InChI is InChI=1S/C19H30FN5O4/c1-18(2,3)29-17(26)23-10-6-19(20,7-11-23)14-22-8-4-15(5-9-22)24-13-16(12-21-24)25(27)28/h12-13,15H,4-11,14H2,1-3H3. The van der Waals surface area contributed by atoms with Gasteiger partial charge in [-0.3, -0.25) is 14.8 Å². The largest absolute Gasteiger partial charge is 0.444 e. The van der Waals surface area contributed by atoms with E-state index in [0.29, 0.717) is 32.5 Å². The van der Waals surface area contributed by atoms with Gasteiger partial charge in [0.05, 0.1) is 11.0 Å². The Morgan fingerprint density at radius 1 is 1.31 bits per heavy atom. The van der Waals surface area contributed by atoms with Crippen molar-refractivity contribution in [2.75, 3.05) is 32.7 Å². The molecular weight excluding hydrogens is 381 g/mol. The zero-order valence-corrected chi connectivity index (χ0v) is 17.3. The van der Waals surface area contributed by atoms with Gasteiger partial charge in [-0.05, 0) is 33.6 Å². The van der Waals surface area contributed by atoms with Crippen LogP contribution in [-0.4, -0.2) is 74.6 Å². The topological polar surface area (TPSA) is 93.7 Å². The maximum absolute atomic E-state index is 15.3. The number of likely N-dealkylation sites (tertiary alicyclic amines) is 2. The third-order valence-corrected chi connectivity index (χ3v) is 5.55. The molecule has 1 aromatic rings. The lowest BCUT2D eigenvalue weighted by Gasteiger charge is -2.41. The Labute approximate surface area is 169 Å². The fourth-order valence-corrected chi connectivity index (χ4v) is 3.94. The quantitative estimate of drug-likeness (QED) is 0.558. The molecule has 0 bridgehead atoms. The van der Waals surface area contributed by atoms with E-state index in [4.69, 9.17) is 4.74 Å². The average Bonchev–Trinajstić information content (AvgIpc) is 3.11. The Balaban J connectivity index is 1.45. The molecule has 10 heteroatoms. The molecule has 3 heterocycles. The molecule has 9 nitrogen and oxygen atoms in total. The molecule has 0 saturated carbocycles. The van der Waals surface area contributed by atoms with E-state index in [1.807, 2.05) is 20.8 Å². The molecule has 2 fully saturated rings. The van der Waals surface area contributed by atoms with Crippen LogP contribution in [0.5, 0.6) is 0 Å². The predicted molar refractivity (Wildman–Crippen MR) is 104 cm³/mol. The van der Waals surface area contributed by atoms with Crippen LogP contribution in [0.25, 0.3) is 0 Å². The van der Waals surface area contributed by atoms with E-state index in [0.717, 1.165) is 25.9 Å². The first-order valence-corrected chi connectivity index (χ1v) is 10.1. The van der Waals surface area contributed by atoms with E-state index in [9.17, 15) is 14.9 Å². The van der Waals surface area contributed by atoms with Crippen LogP contribution in [0, 0.1) is 10.1 Å². The number of nitro groups is 1. The molecule has 162 valence electrons. The molecule has 2 aliphatic rings. The van der Waals surface area contributed by atoms with Gasteiger partial charge in [0.25, 0.3) is 0 Å². The first-order valence-electron chi connectivity index (χ1n) is 10.1. The molecule has 3 rings (SSSR count). The first kappa shape index (κ1) is 21.5. The van der Waals surface area contributed by atoms with Gasteiger partial charge < -0.3 is 14.5 Å². The van der Waals surface area contributed by atoms with Crippen LogP contribution in [0.3, 0.4) is 0 Å². The van der Waals surface area contributed by atoms with Crippen molar-refractivity contribution in [3.63, 3.8) is 0 Å². The third-order valence-electron chi connectivity index (χ3n) is 5.55. The van der Waals surface area contributed by atoms with Crippen molar-refractivity contribution in [3.05, 3.63) is 22.5 Å². The van der Waals surface area contributed by atoms with Crippen LogP contribution < -0.4 is 0 Å². The minimum atomic E-state index is -1.31. The Kier molecular flexibility index (Phi) is 6.11. The number of rotatable bonds is 4. The molecule has 0 spiro atoms. The number of amides is 1. The number of piperidine rings is 2. The molecule has 1 amide bonds. The van der Waals surface area contributed by atoms with E-state index < -0.39 is 16.2 Å². The number of carbonyl (C=O) groups excluding carboxylic acids is 1. The number of aromatic nitrogens is 2. The number of alkyl halides is 1. The normalized spacial score (nSPS) is 21.2. The second kappa shape index (κ2) is 8.25. The van der Waals surface area contributed by atoms with Crippen LogP contribution in [0.4, 0.5) is 14.9 Å². The minimum absolute atomic E-state index is 0.00751. The second-order valence-electron chi connectivity index (χ2n) is 9.06. The number of hydrogen-bond acceptors (Lipinski definition) is 6. The monoisotopic (exact) mass is 411 g/mol. The summed E-state index contributed by atoms with van der Waals surface area (Å²) in [4.78, 5) is 26.2. The highest BCUT2D eigenvalue weighted by Crippen LogP contribution is 2.31. The van der Waals surface area contributed by atoms with E-state index >= 15 is 4.39 Å². The van der Waals surface area contributed by atoms with Gasteiger partial charge in [0.2, 0.25) is 0 Å². The van der Waals surface area contributed by atoms with Crippen molar-refractivity contribution in [2.24, 2.45) is 0 Å². The number of halogens is 1. The first-order chi connectivity index (χ1) is 13.5. The van der Waals surface area contributed by atoms with Gasteiger partial charge in [-0.1, -0.05) is 0 Å². The van der Waals surface area contributed by atoms with E-state index in [1.54, 1.807) is 9.58 Å². The van der Waals surface area contributed by atoms with Gasteiger partial charge in [0.1, 0.15) is 23.7 Å². The molecule has 2 aliphatic heterocycles. The molecule has 0 aliphatic carbocycles. The van der Waals surface area contributed by atoms with Gasteiger partial charge in [-0.15, -0.1) is 0 Å². The zero-order chi connectivity index (χ0) is 21.2. The predicted octanol–water partition coefficient (Wildman–Crippen LogP) is 3.17. The SMILES string of the molecule is CC(C)(C)OC(=O)N1CCC(F)(CN2CCC(n3cc([N+](=O)[O-])cn3)CC2)CC1. The van der Waals surface area contributed by atoms with Crippen LogP contribution in [0.15, 0.2) is 12.4 Å². The van der Waals surface area contributed by atoms with Gasteiger partial charge in [-0.25, -0.2) is 9.18 Å². The lowest BCUT2D eigenvalue weighted by atomic mass is 9.91. The Bertz CT molecular complexity index is 731. The van der Waals surface area contributed by atoms with E-state index in [1.165, 1.54) is 12.4 Å². The zero-order valence-electron chi connectivity index (χ0n) is 17.3. The minimum Gasteiger partial charge on any atom is -0.444 e. The smallest absolute Gasteiger partial charge is 0.410 e. The lowest BCUT2D eigenvalue weighted by Crippen LogP contribution is -2.51. The molecule has 0 aromatic carbocycles. The third kappa shape index (κ3) is 5.65. The maximum Gasteiger partial charge on any atom is 0.410 e. The van der Waals surface area contributed by atoms with Gasteiger partial charge >= 0.3 is 11.8 Å². The molecule has 0 radical (unpaired) electrons. The molecule has 0 atom stereocenters. The Hall–Kier alpha value is -2.23. The number of carbonyl (C=O) groups is 1. The van der Waals surface area contributed by atoms with Crippen LogP contribution in [0.1, 0.15) is 52.5 Å². The van der Waals surface area contributed by atoms with Gasteiger partial charge in [0.15, 0.2) is 0 Å². The Morgan fingerprint density at radius 3 is 2.45 bits per heavy atom. The lowest BCUT2D eigenvalue weighted by molar-refractivity contribution is -0.385. The Morgan fingerprint density at radius 2 is 1.93 bits per heavy atom. The highest BCUT2D eigenvalue weighted by Gasteiger charge is 2.39. The number of nitrogens with zero attached hydrogens (tertiary/aromatic N) is 5. The summed E-state index contributed by atoms with van der Waals surface area (Å²) in [6.07, 6.45) is 4.51. The summed E-state index contributed by atoms with van der Waals surface area (Å²) in [6, 6.07) is 0.101. The summed E-state index contributed by atoms with van der Waals surface area (Å²) in [5.41, 5.74) is -1.87. The summed E-state index contributed by atoms with van der Waals surface area (Å²) in [7, 11) is 0. The average molecular weight is 411 g/mol. The summed E-state index contributed by atoms with van der Waals surface area (Å²) in [5, 5.41) is 14.9. The van der Waals surface area contributed by atoms with Crippen molar-refractivity contribution < 1.29 is 18.8 Å². The molecule has 0 unspecified atom stereocenters. The molecule has 2 saturated heterocycles. The number of hydrogen-bond donors (Lipinski definition) is 0.